The molecular weight excluding hydrogens is 450 g/mol. The number of aromatic nitrogens is 7. The molecular formula is C28H27N7O. The van der Waals surface area contributed by atoms with Gasteiger partial charge < -0.3 is 9.30 Å². The third-order valence-corrected chi connectivity index (χ3v) is 6.34. The van der Waals surface area contributed by atoms with Crippen LogP contribution in [0, 0.1) is 5.92 Å². The van der Waals surface area contributed by atoms with Gasteiger partial charge in [0.15, 0.2) is 5.82 Å². The molecule has 0 aliphatic carbocycles. The summed E-state index contributed by atoms with van der Waals surface area (Å²) < 4.78 is 7.94. The lowest BCUT2D eigenvalue weighted by molar-refractivity contribution is 0.297. The SMILES string of the molecule is CC(C)Cc1nc(-c2ccc3[nH]nc(-c4ccc5cc(OCc6cncn6C)ccc5c4)c3c2)n[nH]1. The number of aryl methyl sites for hydroxylation is 1. The Bertz CT molecular complexity index is 1670. The van der Waals surface area contributed by atoms with Gasteiger partial charge in [0, 0.05) is 30.0 Å². The van der Waals surface area contributed by atoms with E-state index in [1.807, 2.05) is 36.0 Å². The van der Waals surface area contributed by atoms with Crippen molar-refractivity contribution in [2.45, 2.75) is 26.9 Å². The van der Waals surface area contributed by atoms with E-state index in [1.54, 1.807) is 6.33 Å². The van der Waals surface area contributed by atoms with Gasteiger partial charge >= 0.3 is 0 Å². The summed E-state index contributed by atoms with van der Waals surface area (Å²) in [4.78, 5) is 8.82. The normalized spacial score (nSPS) is 11.7. The molecule has 8 nitrogen and oxygen atoms in total. The first-order valence-corrected chi connectivity index (χ1v) is 12.1. The number of hydrogen-bond acceptors (Lipinski definition) is 5. The highest BCUT2D eigenvalue weighted by atomic mass is 16.5. The first-order valence-electron chi connectivity index (χ1n) is 12.1. The molecule has 6 rings (SSSR count). The van der Waals surface area contributed by atoms with Crippen molar-refractivity contribution in [1.82, 2.24) is 34.9 Å². The fourth-order valence-corrected chi connectivity index (χ4v) is 4.42. The van der Waals surface area contributed by atoms with Crippen molar-refractivity contribution in [2.75, 3.05) is 0 Å². The summed E-state index contributed by atoms with van der Waals surface area (Å²) >= 11 is 0. The number of nitrogens with zero attached hydrogens (tertiary/aromatic N) is 5. The molecule has 0 atom stereocenters. The maximum Gasteiger partial charge on any atom is 0.181 e. The van der Waals surface area contributed by atoms with E-state index in [4.69, 9.17) is 4.74 Å². The van der Waals surface area contributed by atoms with Crippen LogP contribution in [0.1, 0.15) is 25.4 Å². The second kappa shape index (κ2) is 8.96. The highest BCUT2D eigenvalue weighted by Gasteiger charge is 2.13. The maximum absolute atomic E-state index is 5.98. The summed E-state index contributed by atoms with van der Waals surface area (Å²) in [5, 5.41) is 18.6. The minimum absolute atomic E-state index is 0.478. The molecule has 8 heteroatoms. The number of nitrogens with one attached hydrogen (secondary N) is 2. The Hall–Kier alpha value is -4.46. The molecule has 0 saturated carbocycles. The number of H-pyrrole nitrogens is 2. The van der Waals surface area contributed by atoms with Crippen molar-refractivity contribution >= 4 is 21.7 Å². The number of imidazole rings is 1. The summed E-state index contributed by atoms with van der Waals surface area (Å²) in [6, 6.07) is 18.7. The lowest BCUT2D eigenvalue weighted by Gasteiger charge is -2.08. The monoisotopic (exact) mass is 477 g/mol. The van der Waals surface area contributed by atoms with Crippen molar-refractivity contribution < 1.29 is 4.74 Å². The van der Waals surface area contributed by atoms with Gasteiger partial charge in [-0.1, -0.05) is 32.0 Å². The first kappa shape index (κ1) is 22.0. The Kier molecular flexibility index (Phi) is 5.48. The van der Waals surface area contributed by atoms with Crippen LogP contribution in [0.15, 0.2) is 67.1 Å². The van der Waals surface area contributed by atoms with E-state index in [1.165, 1.54) is 0 Å². The summed E-state index contributed by atoms with van der Waals surface area (Å²) in [5.74, 6) is 2.96. The summed E-state index contributed by atoms with van der Waals surface area (Å²) in [7, 11) is 1.96. The van der Waals surface area contributed by atoms with E-state index in [2.05, 4.69) is 80.6 Å². The zero-order valence-corrected chi connectivity index (χ0v) is 20.5. The summed E-state index contributed by atoms with van der Waals surface area (Å²) in [5.41, 5.74) is 4.92. The van der Waals surface area contributed by atoms with Crippen LogP contribution in [0.3, 0.4) is 0 Å². The Morgan fingerprint density at radius 1 is 0.917 bits per heavy atom. The molecule has 0 saturated heterocycles. The highest BCUT2D eigenvalue weighted by Crippen LogP contribution is 2.32. The molecule has 0 radical (unpaired) electrons. The van der Waals surface area contributed by atoms with E-state index in [9.17, 15) is 0 Å². The van der Waals surface area contributed by atoms with E-state index < -0.39 is 0 Å². The van der Waals surface area contributed by atoms with E-state index >= 15 is 0 Å². The van der Waals surface area contributed by atoms with Gasteiger partial charge in [-0.15, -0.1) is 0 Å². The second-order valence-corrected chi connectivity index (χ2v) is 9.54. The lowest BCUT2D eigenvalue weighted by Crippen LogP contribution is -2.00. The zero-order valence-electron chi connectivity index (χ0n) is 20.5. The third kappa shape index (κ3) is 4.22. The van der Waals surface area contributed by atoms with Gasteiger partial charge in [-0.25, -0.2) is 9.97 Å². The molecule has 3 aromatic carbocycles. The van der Waals surface area contributed by atoms with Gasteiger partial charge in [0.25, 0.3) is 0 Å². The Balaban J connectivity index is 1.29. The minimum atomic E-state index is 0.478. The quantitative estimate of drug-likeness (QED) is 0.308. The molecule has 3 aromatic heterocycles. The maximum atomic E-state index is 5.98. The van der Waals surface area contributed by atoms with Crippen LogP contribution in [0.2, 0.25) is 0 Å². The Morgan fingerprint density at radius 2 is 1.75 bits per heavy atom. The molecule has 0 aliphatic rings. The first-order chi connectivity index (χ1) is 17.5. The number of rotatable bonds is 7. The summed E-state index contributed by atoms with van der Waals surface area (Å²) in [6.45, 7) is 4.82. The molecule has 0 spiro atoms. The van der Waals surface area contributed by atoms with Crippen molar-refractivity contribution in [3.63, 3.8) is 0 Å². The molecule has 2 N–H and O–H groups in total. The van der Waals surface area contributed by atoms with E-state index in [0.717, 1.165) is 62.2 Å². The number of benzene rings is 3. The van der Waals surface area contributed by atoms with E-state index in [0.29, 0.717) is 18.3 Å². The predicted molar refractivity (Wildman–Crippen MR) is 140 cm³/mol. The largest absolute Gasteiger partial charge is 0.487 e. The lowest BCUT2D eigenvalue weighted by atomic mass is 10.0. The van der Waals surface area contributed by atoms with Crippen molar-refractivity contribution in [3.8, 4) is 28.4 Å². The van der Waals surface area contributed by atoms with Gasteiger partial charge in [0.05, 0.1) is 29.4 Å². The van der Waals surface area contributed by atoms with Crippen LogP contribution in [0.25, 0.3) is 44.3 Å². The standard InChI is InChI=1S/C28H27N7O/c1-17(2)10-26-30-28(34-32-26)21-7-9-25-24(13-21)27(33-31-25)20-5-4-19-12-23(8-6-18(19)11-20)36-15-22-14-29-16-35(22)3/h4-9,11-14,16-17H,10,15H2,1-3H3,(H,31,33)(H,30,32,34). The van der Waals surface area contributed by atoms with Crippen molar-refractivity contribution in [3.05, 3.63) is 78.6 Å². The molecule has 180 valence electrons. The average Bonchev–Trinajstić information content (AvgIpc) is 3.61. The fourth-order valence-electron chi connectivity index (χ4n) is 4.42. The third-order valence-electron chi connectivity index (χ3n) is 6.34. The zero-order chi connectivity index (χ0) is 24.6. The Morgan fingerprint density at radius 3 is 2.58 bits per heavy atom. The van der Waals surface area contributed by atoms with Crippen LogP contribution in [-0.2, 0) is 20.1 Å². The number of ether oxygens (including phenoxy) is 1. The van der Waals surface area contributed by atoms with Crippen LogP contribution >= 0.6 is 0 Å². The van der Waals surface area contributed by atoms with Crippen molar-refractivity contribution in [2.24, 2.45) is 13.0 Å². The molecule has 0 fully saturated rings. The molecule has 36 heavy (non-hydrogen) atoms. The van der Waals surface area contributed by atoms with Gasteiger partial charge in [0.2, 0.25) is 0 Å². The predicted octanol–water partition coefficient (Wildman–Crippen LogP) is 5.68. The van der Waals surface area contributed by atoms with Crippen LogP contribution in [-0.4, -0.2) is 34.9 Å². The van der Waals surface area contributed by atoms with Crippen LogP contribution < -0.4 is 4.74 Å². The molecule has 0 amide bonds. The van der Waals surface area contributed by atoms with Gasteiger partial charge in [0.1, 0.15) is 18.2 Å². The summed E-state index contributed by atoms with van der Waals surface area (Å²) in [6.07, 6.45) is 4.47. The van der Waals surface area contributed by atoms with Crippen molar-refractivity contribution in [1.29, 1.82) is 0 Å². The second-order valence-electron chi connectivity index (χ2n) is 9.54. The molecule has 0 unspecified atom stereocenters. The average molecular weight is 478 g/mol. The Labute approximate surface area is 208 Å². The number of fused-ring (bicyclic) bond motifs is 2. The highest BCUT2D eigenvalue weighted by molar-refractivity contribution is 5.97. The molecule has 0 bridgehead atoms. The van der Waals surface area contributed by atoms with Gasteiger partial charge in [-0.2, -0.15) is 10.2 Å². The number of hydrogen-bond donors (Lipinski definition) is 2. The minimum Gasteiger partial charge on any atom is -0.487 e. The van der Waals surface area contributed by atoms with E-state index in [-0.39, 0.29) is 0 Å². The topological polar surface area (TPSA) is 97.3 Å². The number of aromatic amines is 2. The molecule has 6 aromatic rings. The molecule has 3 heterocycles. The van der Waals surface area contributed by atoms with Crippen LogP contribution in [0.4, 0.5) is 0 Å². The fraction of sp³-hybridized carbons (Fsp3) is 0.214. The molecule has 0 aliphatic heterocycles. The van der Waals surface area contributed by atoms with Gasteiger partial charge in [-0.3, -0.25) is 10.2 Å². The smallest absolute Gasteiger partial charge is 0.181 e. The van der Waals surface area contributed by atoms with Gasteiger partial charge in [-0.05, 0) is 53.1 Å². The van der Waals surface area contributed by atoms with Crippen LogP contribution in [0.5, 0.6) is 5.75 Å².